The van der Waals surface area contributed by atoms with Gasteiger partial charge in [-0.05, 0) is 103 Å². The van der Waals surface area contributed by atoms with Gasteiger partial charge in [0.25, 0.3) is 5.95 Å². The van der Waals surface area contributed by atoms with Gasteiger partial charge in [-0.25, -0.2) is 0 Å². The lowest BCUT2D eigenvalue weighted by atomic mass is 9.80. The number of carboxylic acids is 1. The third-order valence-electron chi connectivity index (χ3n) is 8.66. The number of carboxylic acid groups (broad SMARTS) is 1. The van der Waals surface area contributed by atoms with Gasteiger partial charge in [-0.15, -0.1) is 12.4 Å². The highest BCUT2D eigenvalue weighted by atomic mass is 35.5. The summed E-state index contributed by atoms with van der Waals surface area (Å²) >= 11 is 0. The van der Waals surface area contributed by atoms with Crippen molar-refractivity contribution in [3.63, 3.8) is 0 Å². The molecule has 3 aromatic rings. The number of hydrogen-bond acceptors (Lipinski definition) is 6. The van der Waals surface area contributed by atoms with Crippen molar-refractivity contribution in [3.05, 3.63) is 69.6 Å². The van der Waals surface area contributed by atoms with E-state index < -0.39 is 59.8 Å². The van der Waals surface area contributed by atoms with Crippen LogP contribution >= 0.6 is 12.4 Å². The average molecular weight is 745 g/mol. The second kappa shape index (κ2) is 16.1. The van der Waals surface area contributed by atoms with E-state index >= 15 is 0 Å². The van der Waals surface area contributed by atoms with Crippen LogP contribution in [-0.2, 0) is 36.4 Å². The van der Waals surface area contributed by atoms with Gasteiger partial charge in [-0.2, -0.15) is 44.5 Å². The van der Waals surface area contributed by atoms with E-state index in [9.17, 15) is 49.4 Å². The Morgan fingerprint density at radius 2 is 1.42 bits per heavy atom. The number of alkyl halides is 9. The van der Waals surface area contributed by atoms with Gasteiger partial charge in [0.15, 0.2) is 0 Å². The highest BCUT2D eigenvalue weighted by molar-refractivity contribution is 5.85. The number of aromatic nitrogens is 2. The molecule has 0 atom stereocenters. The monoisotopic (exact) mass is 744 g/mol. The minimum absolute atomic E-state index is 0. The summed E-state index contributed by atoms with van der Waals surface area (Å²) in [6.45, 7) is 4.48. The van der Waals surface area contributed by atoms with Crippen molar-refractivity contribution in [2.45, 2.75) is 90.9 Å². The molecule has 0 amide bonds. The summed E-state index contributed by atoms with van der Waals surface area (Å²) in [5, 5.41) is 13.0. The van der Waals surface area contributed by atoms with Crippen molar-refractivity contribution in [1.82, 2.24) is 10.1 Å². The van der Waals surface area contributed by atoms with Gasteiger partial charge < -0.3 is 19.4 Å². The molecule has 1 saturated carbocycles. The van der Waals surface area contributed by atoms with Crippen molar-refractivity contribution in [3.8, 4) is 0 Å². The molecule has 278 valence electrons. The molecule has 1 aliphatic rings. The number of anilines is 2. The fourth-order valence-corrected chi connectivity index (χ4v) is 6.37. The van der Waals surface area contributed by atoms with Crippen molar-refractivity contribution < 1.29 is 53.9 Å². The Hall–Kier alpha value is -3.69. The molecule has 0 unspecified atom stereocenters. The molecule has 50 heavy (non-hydrogen) atoms. The van der Waals surface area contributed by atoms with Crippen molar-refractivity contribution in [1.29, 1.82) is 0 Å². The molecule has 4 rings (SSSR count). The number of aryl methyl sites for hydroxylation is 2. The predicted molar refractivity (Wildman–Crippen MR) is 169 cm³/mol. The van der Waals surface area contributed by atoms with Crippen LogP contribution in [0.5, 0.6) is 0 Å². The van der Waals surface area contributed by atoms with Gasteiger partial charge in [0, 0.05) is 45.2 Å². The van der Waals surface area contributed by atoms with E-state index in [0.29, 0.717) is 50.2 Å². The molecule has 0 saturated heterocycles. The molecule has 0 aliphatic heterocycles. The second-order valence-corrected chi connectivity index (χ2v) is 12.6. The van der Waals surface area contributed by atoms with Crippen LogP contribution in [0.15, 0.2) is 34.9 Å². The molecule has 2 aromatic carbocycles. The first kappa shape index (κ1) is 40.7. The Morgan fingerprint density at radius 1 is 0.840 bits per heavy atom. The molecule has 1 heterocycles. The Labute approximate surface area is 289 Å². The summed E-state index contributed by atoms with van der Waals surface area (Å²) in [6, 6.07) is 3.45. The summed E-state index contributed by atoms with van der Waals surface area (Å²) in [4.78, 5) is 18.4. The maximum Gasteiger partial charge on any atom is 0.416 e. The van der Waals surface area contributed by atoms with Crippen LogP contribution < -0.4 is 9.80 Å². The van der Waals surface area contributed by atoms with Gasteiger partial charge in [0.2, 0.25) is 5.89 Å². The topological polar surface area (TPSA) is 82.7 Å². The summed E-state index contributed by atoms with van der Waals surface area (Å²) in [7, 11) is 0. The van der Waals surface area contributed by atoms with Crippen LogP contribution in [0.1, 0.15) is 84.7 Å². The number of carbonyl (C=O) groups is 1. The normalized spacial score (nSPS) is 17.0. The number of nitrogens with zero attached hydrogens (tertiary/aromatic N) is 4. The number of rotatable bonds is 12. The van der Waals surface area contributed by atoms with Crippen molar-refractivity contribution in [2.75, 3.05) is 22.9 Å². The van der Waals surface area contributed by atoms with Gasteiger partial charge >= 0.3 is 24.5 Å². The zero-order valence-electron chi connectivity index (χ0n) is 27.5. The van der Waals surface area contributed by atoms with Gasteiger partial charge in [0.05, 0.1) is 16.7 Å². The summed E-state index contributed by atoms with van der Waals surface area (Å²) in [5.41, 5.74) is -3.97. The van der Waals surface area contributed by atoms with Crippen LogP contribution in [0.4, 0.5) is 51.1 Å². The highest BCUT2D eigenvalue weighted by Gasteiger charge is 2.38. The zero-order chi connectivity index (χ0) is 36.3. The molecule has 0 bridgehead atoms. The predicted octanol–water partition coefficient (Wildman–Crippen LogP) is 9.87. The number of hydrogen-bond donors (Lipinski definition) is 1. The molecule has 1 aliphatic carbocycles. The van der Waals surface area contributed by atoms with Crippen LogP contribution in [0.25, 0.3) is 0 Å². The molecule has 7 nitrogen and oxygen atoms in total. The lowest BCUT2D eigenvalue weighted by Crippen LogP contribution is -2.34. The Balaban J connectivity index is 0.00000676. The third kappa shape index (κ3) is 10.7. The summed E-state index contributed by atoms with van der Waals surface area (Å²) < 4.78 is 130. The smallest absolute Gasteiger partial charge is 0.416 e. The van der Waals surface area contributed by atoms with Crippen LogP contribution in [0.2, 0.25) is 0 Å². The van der Waals surface area contributed by atoms with E-state index in [4.69, 9.17) is 4.52 Å². The number of halogens is 10. The lowest BCUT2D eigenvalue weighted by molar-refractivity contribution is -0.143. The average Bonchev–Trinajstić information content (AvgIpc) is 3.42. The standard InChI is InChI=1S/C33H37F9N4O3.ClH/c1-4-9-45(16-22-7-5-21(6-8-22)13-29(47)48)28-10-19(2)27(33(40,41)42)14-24(28)18-46(30-43-20(3)49-44-30)17-23-11-25(31(34,35)36)15-26(12-23)32(37,38)39;/h10-12,14-15,21-22H,4-9,13,16-18H2,1-3H3,(H,47,48);1H/t21-,22-;. The minimum atomic E-state index is -5.11. The third-order valence-corrected chi connectivity index (χ3v) is 8.66. The first-order chi connectivity index (χ1) is 22.7. The molecule has 1 N–H and O–H groups in total. The summed E-state index contributed by atoms with van der Waals surface area (Å²) in [5.74, 6) is -0.928. The largest absolute Gasteiger partial charge is 0.481 e. The van der Waals surface area contributed by atoms with Gasteiger partial charge in [-0.3, -0.25) is 4.79 Å². The first-order valence-electron chi connectivity index (χ1n) is 15.8. The van der Waals surface area contributed by atoms with E-state index in [1.54, 1.807) is 0 Å². The molecule has 1 fully saturated rings. The summed E-state index contributed by atoms with van der Waals surface area (Å²) in [6.07, 6.45) is -11.5. The molecule has 0 radical (unpaired) electrons. The molecular weight excluding hydrogens is 707 g/mol. The maximum atomic E-state index is 14.2. The molecular formula is C33H38ClF9N4O3. The molecule has 1 aromatic heterocycles. The van der Waals surface area contributed by atoms with E-state index in [0.717, 1.165) is 18.9 Å². The van der Waals surface area contributed by atoms with Crippen LogP contribution in [0.3, 0.4) is 0 Å². The van der Waals surface area contributed by atoms with Gasteiger partial charge in [-0.1, -0.05) is 6.92 Å². The number of aliphatic carboxylic acids is 1. The van der Waals surface area contributed by atoms with Crippen LogP contribution in [-0.4, -0.2) is 34.3 Å². The molecule has 17 heteroatoms. The highest BCUT2D eigenvalue weighted by Crippen LogP contribution is 2.40. The van der Waals surface area contributed by atoms with E-state index in [1.807, 2.05) is 11.8 Å². The van der Waals surface area contributed by atoms with Crippen molar-refractivity contribution in [2.24, 2.45) is 11.8 Å². The Bertz CT molecular complexity index is 1570. The SMILES string of the molecule is CCCN(C[C@H]1CC[C@H](CC(=O)O)CC1)c1cc(C)c(C(F)(F)F)cc1CN(Cc1cc(C(F)(F)F)cc(C(F)(F)F)c1)c1noc(C)n1.Cl. The quantitative estimate of drug-likeness (QED) is 0.185. The van der Waals surface area contributed by atoms with E-state index in [2.05, 4.69) is 10.1 Å². The van der Waals surface area contributed by atoms with Crippen molar-refractivity contribution >= 4 is 30.0 Å². The maximum absolute atomic E-state index is 14.2. The zero-order valence-corrected chi connectivity index (χ0v) is 28.3. The lowest BCUT2D eigenvalue weighted by Gasteiger charge is -2.35. The first-order valence-corrected chi connectivity index (χ1v) is 15.8. The van der Waals surface area contributed by atoms with E-state index in [1.165, 1.54) is 24.8 Å². The number of benzene rings is 2. The minimum Gasteiger partial charge on any atom is -0.481 e. The van der Waals surface area contributed by atoms with E-state index in [-0.39, 0.29) is 59.7 Å². The van der Waals surface area contributed by atoms with Crippen LogP contribution in [0, 0.1) is 25.7 Å². The second-order valence-electron chi connectivity index (χ2n) is 12.6. The Kier molecular flexibility index (Phi) is 13.1. The fourth-order valence-electron chi connectivity index (χ4n) is 6.37. The Morgan fingerprint density at radius 3 is 1.90 bits per heavy atom. The fraction of sp³-hybridized carbons (Fsp3) is 0.545. The molecule has 0 spiro atoms. The van der Waals surface area contributed by atoms with Gasteiger partial charge in [0.1, 0.15) is 0 Å².